The molecule has 2 aromatic rings. The monoisotopic (exact) mass is 404 g/mol. The summed E-state index contributed by atoms with van der Waals surface area (Å²) in [6, 6.07) is 6.72. The standard InChI is InChI=1S/C18H14F6N2O2/c1-10(27)25-13-5-6-15(14(9-13)18(22,23)24)26-16(28)8-11-3-2-4-12(7-11)17(19,20)21/h2-7,9H,8H2,1H3,(H,25,27)(H,26,28). The molecule has 2 aromatic carbocycles. The molecule has 0 aromatic heterocycles. The Morgan fingerprint density at radius 1 is 0.893 bits per heavy atom. The SMILES string of the molecule is CC(=O)Nc1ccc(NC(=O)Cc2cccc(C(F)(F)F)c2)c(C(F)(F)F)c1. The predicted molar refractivity (Wildman–Crippen MR) is 89.5 cm³/mol. The van der Waals surface area contributed by atoms with E-state index in [2.05, 4.69) is 10.6 Å². The van der Waals surface area contributed by atoms with Gasteiger partial charge >= 0.3 is 12.4 Å². The summed E-state index contributed by atoms with van der Waals surface area (Å²) >= 11 is 0. The van der Waals surface area contributed by atoms with Gasteiger partial charge in [0.1, 0.15) is 0 Å². The number of halogens is 6. The molecule has 0 spiro atoms. The first-order chi connectivity index (χ1) is 12.9. The van der Waals surface area contributed by atoms with Crippen LogP contribution in [-0.2, 0) is 28.4 Å². The van der Waals surface area contributed by atoms with Gasteiger partial charge in [-0.1, -0.05) is 18.2 Å². The van der Waals surface area contributed by atoms with Gasteiger partial charge < -0.3 is 10.6 Å². The summed E-state index contributed by atoms with van der Waals surface area (Å²) in [4.78, 5) is 23.1. The van der Waals surface area contributed by atoms with Crippen LogP contribution < -0.4 is 10.6 Å². The van der Waals surface area contributed by atoms with Crippen LogP contribution in [0, 0.1) is 0 Å². The van der Waals surface area contributed by atoms with Crippen LogP contribution in [0.1, 0.15) is 23.6 Å². The number of carbonyl (C=O) groups excluding carboxylic acids is 2. The van der Waals surface area contributed by atoms with Crippen molar-refractivity contribution in [2.24, 2.45) is 0 Å². The van der Waals surface area contributed by atoms with Crippen molar-refractivity contribution in [1.29, 1.82) is 0 Å². The smallest absolute Gasteiger partial charge is 0.326 e. The minimum absolute atomic E-state index is 0.00394. The predicted octanol–water partition coefficient (Wildman–Crippen LogP) is 4.86. The summed E-state index contributed by atoms with van der Waals surface area (Å²) in [6.07, 6.45) is -9.97. The number of amides is 2. The molecule has 2 rings (SSSR count). The second kappa shape index (κ2) is 7.91. The summed E-state index contributed by atoms with van der Waals surface area (Å²) in [6.45, 7) is 1.12. The van der Waals surface area contributed by atoms with Crippen molar-refractivity contribution in [3.63, 3.8) is 0 Å². The van der Waals surface area contributed by atoms with E-state index in [1.54, 1.807) is 0 Å². The topological polar surface area (TPSA) is 58.2 Å². The van der Waals surface area contributed by atoms with Crippen molar-refractivity contribution >= 4 is 23.2 Å². The lowest BCUT2D eigenvalue weighted by Crippen LogP contribution is -2.19. The number of anilines is 2. The molecule has 0 aliphatic rings. The van der Waals surface area contributed by atoms with Crippen molar-refractivity contribution in [2.75, 3.05) is 10.6 Å². The van der Waals surface area contributed by atoms with Crippen molar-refractivity contribution in [3.8, 4) is 0 Å². The highest BCUT2D eigenvalue weighted by Gasteiger charge is 2.34. The molecule has 0 atom stereocenters. The van der Waals surface area contributed by atoms with E-state index in [0.29, 0.717) is 6.07 Å². The number of benzene rings is 2. The van der Waals surface area contributed by atoms with Crippen LogP contribution in [0.5, 0.6) is 0 Å². The molecule has 150 valence electrons. The second-order valence-corrected chi connectivity index (χ2v) is 5.86. The summed E-state index contributed by atoms with van der Waals surface area (Å²) in [5, 5.41) is 4.25. The third kappa shape index (κ3) is 5.73. The molecule has 2 amide bonds. The fourth-order valence-electron chi connectivity index (χ4n) is 2.41. The number of nitrogens with one attached hydrogen (secondary N) is 2. The summed E-state index contributed by atoms with van der Waals surface area (Å²) in [7, 11) is 0. The molecule has 0 saturated heterocycles. The van der Waals surface area contributed by atoms with Crippen LogP contribution in [0.2, 0.25) is 0 Å². The number of rotatable bonds is 4. The number of hydrogen-bond acceptors (Lipinski definition) is 2. The van der Waals surface area contributed by atoms with Gasteiger partial charge in [-0.3, -0.25) is 9.59 Å². The molecule has 0 aliphatic heterocycles. The Kier molecular flexibility index (Phi) is 6.01. The van der Waals surface area contributed by atoms with Crippen LogP contribution in [0.3, 0.4) is 0 Å². The highest BCUT2D eigenvalue weighted by Crippen LogP contribution is 2.37. The summed E-state index contributed by atoms with van der Waals surface area (Å²) in [5.41, 5.74) is -2.85. The van der Waals surface area contributed by atoms with Crippen LogP contribution >= 0.6 is 0 Å². The molecule has 2 N–H and O–H groups in total. The molecule has 0 radical (unpaired) electrons. The van der Waals surface area contributed by atoms with Gasteiger partial charge in [0.15, 0.2) is 0 Å². The Balaban J connectivity index is 2.23. The van der Waals surface area contributed by atoms with Crippen molar-refractivity contribution in [1.82, 2.24) is 0 Å². The van der Waals surface area contributed by atoms with Gasteiger partial charge in [0.05, 0.1) is 23.2 Å². The largest absolute Gasteiger partial charge is 0.418 e. The van der Waals surface area contributed by atoms with Crippen LogP contribution in [0.4, 0.5) is 37.7 Å². The zero-order chi connectivity index (χ0) is 21.1. The van der Waals surface area contributed by atoms with Gasteiger partial charge in [0.2, 0.25) is 11.8 Å². The summed E-state index contributed by atoms with van der Waals surface area (Å²) < 4.78 is 77.8. The van der Waals surface area contributed by atoms with Gasteiger partial charge in [-0.2, -0.15) is 26.3 Å². The molecular weight excluding hydrogens is 390 g/mol. The molecule has 0 bridgehead atoms. The quantitative estimate of drug-likeness (QED) is 0.715. The Morgan fingerprint density at radius 3 is 2.14 bits per heavy atom. The minimum Gasteiger partial charge on any atom is -0.326 e. The third-order valence-corrected chi connectivity index (χ3v) is 3.54. The van der Waals surface area contributed by atoms with Crippen molar-refractivity contribution in [2.45, 2.75) is 25.7 Å². The second-order valence-electron chi connectivity index (χ2n) is 5.86. The maximum absolute atomic E-state index is 13.2. The van der Waals surface area contributed by atoms with Gasteiger partial charge in [-0.15, -0.1) is 0 Å². The lowest BCUT2D eigenvalue weighted by atomic mass is 10.1. The van der Waals surface area contributed by atoms with Crippen molar-refractivity contribution < 1.29 is 35.9 Å². The fraction of sp³-hybridized carbons (Fsp3) is 0.222. The molecular formula is C18H14F6N2O2. The lowest BCUT2D eigenvalue weighted by molar-refractivity contribution is -0.138. The number of alkyl halides is 6. The molecule has 0 saturated carbocycles. The minimum atomic E-state index is -4.83. The molecule has 0 unspecified atom stereocenters. The fourth-order valence-corrected chi connectivity index (χ4v) is 2.41. The van der Waals surface area contributed by atoms with E-state index in [-0.39, 0.29) is 11.3 Å². The average Bonchev–Trinajstić information content (AvgIpc) is 2.54. The Hall–Kier alpha value is -3.04. The van der Waals surface area contributed by atoms with Crippen LogP contribution in [0.25, 0.3) is 0 Å². The Bertz CT molecular complexity index is 890. The van der Waals surface area contributed by atoms with Crippen molar-refractivity contribution in [3.05, 3.63) is 59.2 Å². The van der Waals surface area contributed by atoms with Gasteiger partial charge in [-0.05, 0) is 29.8 Å². The maximum atomic E-state index is 13.2. The van der Waals surface area contributed by atoms with E-state index in [0.717, 1.165) is 37.3 Å². The average molecular weight is 404 g/mol. The lowest BCUT2D eigenvalue weighted by Gasteiger charge is -2.16. The molecule has 0 heterocycles. The van der Waals surface area contributed by atoms with E-state index in [1.807, 2.05) is 0 Å². The van der Waals surface area contributed by atoms with E-state index in [4.69, 9.17) is 0 Å². The first kappa shape index (κ1) is 21.3. The van der Waals surface area contributed by atoms with E-state index < -0.39 is 47.4 Å². The number of carbonyl (C=O) groups is 2. The normalized spacial score (nSPS) is 11.8. The number of hydrogen-bond donors (Lipinski definition) is 2. The molecule has 10 heteroatoms. The van der Waals surface area contributed by atoms with E-state index in [1.165, 1.54) is 6.07 Å². The zero-order valence-electron chi connectivity index (χ0n) is 14.3. The Morgan fingerprint density at radius 2 is 1.57 bits per heavy atom. The molecule has 0 aliphatic carbocycles. The first-order valence-corrected chi connectivity index (χ1v) is 7.81. The van der Waals surface area contributed by atoms with Crippen LogP contribution in [0.15, 0.2) is 42.5 Å². The highest BCUT2D eigenvalue weighted by molar-refractivity contribution is 5.94. The van der Waals surface area contributed by atoms with Crippen LogP contribution in [-0.4, -0.2) is 11.8 Å². The molecule has 28 heavy (non-hydrogen) atoms. The first-order valence-electron chi connectivity index (χ1n) is 7.81. The van der Waals surface area contributed by atoms with E-state index >= 15 is 0 Å². The van der Waals surface area contributed by atoms with E-state index in [9.17, 15) is 35.9 Å². The van der Waals surface area contributed by atoms with Gasteiger partial charge in [0.25, 0.3) is 0 Å². The van der Waals surface area contributed by atoms with Gasteiger partial charge in [-0.25, -0.2) is 0 Å². The zero-order valence-corrected chi connectivity index (χ0v) is 14.3. The Labute approximate surface area is 155 Å². The summed E-state index contributed by atoms with van der Waals surface area (Å²) in [5.74, 6) is -1.49. The van der Waals surface area contributed by atoms with Gasteiger partial charge in [0, 0.05) is 12.6 Å². The third-order valence-electron chi connectivity index (χ3n) is 3.54. The molecule has 0 fully saturated rings. The highest BCUT2D eigenvalue weighted by atomic mass is 19.4. The maximum Gasteiger partial charge on any atom is 0.418 e. The molecule has 4 nitrogen and oxygen atoms in total.